The molecule has 0 atom stereocenters. The molecule has 0 radical (unpaired) electrons. The zero-order chi connectivity index (χ0) is 13.7. The molecule has 0 unspecified atom stereocenters. The van der Waals surface area contributed by atoms with Crippen molar-refractivity contribution in [3.63, 3.8) is 0 Å². The van der Waals surface area contributed by atoms with E-state index in [1.54, 1.807) is 13.0 Å². The Balaban J connectivity index is 2.60. The molecule has 0 spiro atoms. The van der Waals surface area contributed by atoms with E-state index in [0.717, 1.165) is 6.07 Å². The Hall–Kier alpha value is -2.10. The van der Waals surface area contributed by atoms with E-state index in [9.17, 15) is 17.6 Å². The van der Waals surface area contributed by atoms with Gasteiger partial charge in [-0.2, -0.15) is 0 Å². The number of halogens is 4. The summed E-state index contributed by atoms with van der Waals surface area (Å²) in [7, 11) is 0. The minimum absolute atomic E-state index is 0.0337. The lowest BCUT2D eigenvalue weighted by Gasteiger charge is -2.08. The van der Waals surface area contributed by atoms with Crippen molar-refractivity contribution in [2.24, 2.45) is 0 Å². The molecule has 0 nitrogen and oxygen atoms in total. The second-order valence-corrected chi connectivity index (χ2v) is 4.49. The number of hydrogen-bond donors (Lipinski definition) is 0. The van der Waals surface area contributed by atoms with Crippen LogP contribution in [0.15, 0.2) is 30.3 Å². The molecule has 0 aliphatic heterocycles. The van der Waals surface area contributed by atoms with Gasteiger partial charge in [0.2, 0.25) is 0 Å². The standard InChI is InChI=1S/C15H8F4/c1-7-4-8-2-3-9-10(13(8)11(16)5-7)6-12(17)15(19)14(9)18/h2-6H,1H3. The first kappa shape index (κ1) is 12.0. The van der Waals surface area contributed by atoms with E-state index >= 15 is 0 Å². The summed E-state index contributed by atoms with van der Waals surface area (Å²) in [4.78, 5) is 0. The summed E-state index contributed by atoms with van der Waals surface area (Å²) >= 11 is 0. The van der Waals surface area contributed by atoms with E-state index in [1.807, 2.05) is 0 Å². The van der Waals surface area contributed by atoms with Crippen LogP contribution in [0.25, 0.3) is 21.5 Å². The zero-order valence-corrected chi connectivity index (χ0v) is 9.90. The first-order valence-electron chi connectivity index (χ1n) is 5.65. The summed E-state index contributed by atoms with van der Waals surface area (Å²) in [5.74, 6) is -4.74. The van der Waals surface area contributed by atoms with Crippen molar-refractivity contribution in [3.8, 4) is 0 Å². The summed E-state index contributed by atoms with van der Waals surface area (Å²) in [5.41, 5.74) is 0.701. The molecular weight excluding hydrogens is 256 g/mol. The molecule has 0 fully saturated rings. The van der Waals surface area contributed by atoms with E-state index in [1.165, 1.54) is 18.2 Å². The molecule has 0 bridgehead atoms. The van der Waals surface area contributed by atoms with Crippen molar-refractivity contribution in [3.05, 3.63) is 59.2 Å². The predicted octanol–water partition coefficient (Wildman–Crippen LogP) is 4.86. The number of benzene rings is 3. The minimum atomic E-state index is -1.54. The highest BCUT2D eigenvalue weighted by Crippen LogP contribution is 2.32. The van der Waals surface area contributed by atoms with Crippen LogP contribution in [0, 0.1) is 30.2 Å². The van der Waals surface area contributed by atoms with E-state index in [-0.39, 0.29) is 16.2 Å². The molecule has 0 heterocycles. The van der Waals surface area contributed by atoms with Crippen molar-refractivity contribution in [1.29, 1.82) is 0 Å². The monoisotopic (exact) mass is 264 g/mol. The molecule has 96 valence electrons. The van der Waals surface area contributed by atoms with Gasteiger partial charge < -0.3 is 0 Å². The maximum absolute atomic E-state index is 14.0. The lowest BCUT2D eigenvalue weighted by atomic mass is 9.99. The summed E-state index contributed by atoms with van der Waals surface area (Å²) in [6, 6.07) is 6.63. The van der Waals surface area contributed by atoms with E-state index < -0.39 is 23.3 Å². The predicted molar refractivity (Wildman–Crippen MR) is 66.0 cm³/mol. The van der Waals surface area contributed by atoms with E-state index in [4.69, 9.17) is 0 Å². The number of aryl methyl sites for hydroxylation is 1. The Labute approximate surface area is 106 Å². The molecule has 4 heteroatoms. The van der Waals surface area contributed by atoms with Crippen molar-refractivity contribution < 1.29 is 17.6 Å². The summed E-state index contributed by atoms with van der Waals surface area (Å²) in [6.45, 7) is 1.72. The van der Waals surface area contributed by atoms with Crippen LogP contribution < -0.4 is 0 Å². The topological polar surface area (TPSA) is 0 Å². The average molecular weight is 264 g/mol. The van der Waals surface area contributed by atoms with Crippen LogP contribution >= 0.6 is 0 Å². The van der Waals surface area contributed by atoms with Crippen molar-refractivity contribution >= 4 is 21.5 Å². The van der Waals surface area contributed by atoms with Gasteiger partial charge in [0.05, 0.1) is 0 Å². The number of fused-ring (bicyclic) bond motifs is 3. The van der Waals surface area contributed by atoms with Gasteiger partial charge in [0.25, 0.3) is 0 Å². The SMILES string of the molecule is Cc1cc(F)c2c(ccc3c(F)c(F)c(F)cc32)c1. The van der Waals surface area contributed by atoms with Crippen molar-refractivity contribution in [2.45, 2.75) is 6.92 Å². The highest BCUT2D eigenvalue weighted by molar-refractivity contribution is 6.08. The van der Waals surface area contributed by atoms with E-state index in [2.05, 4.69) is 0 Å². The molecule has 0 aliphatic carbocycles. The van der Waals surface area contributed by atoms with Crippen LogP contribution in [0.5, 0.6) is 0 Å². The Kier molecular flexibility index (Phi) is 2.49. The van der Waals surface area contributed by atoms with Crippen LogP contribution in [-0.4, -0.2) is 0 Å². The normalized spacial score (nSPS) is 11.4. The third-order valence-electron chi connectivity index (χ3n) is 3.16. The first-order chi connectivity index (χ1) is 8.99. The quantitative estimate of drug-likeness (QED) is 0.309. The van der Waals surface area contributed by atoms with Gasteiger partial charge in [-0.3, -0.25) is 0 Å². The van der Waals surface area contributed by atoms with Gasteiger partial charge in [0.15, 0.2) is 17.5 Å². The fourth-order valence-electron chi connectivity index (χ4n) is 2.34. The maximum Gasteiger partial charge on any atom is 0.195 e. The second-order valence-electron chi connectivity index (χ2n) is 4.49. The molecule has 0 saturated carbocycles. The molecule has 0 amide bonds. The van der Waals surface area contributed by atoms with Crippen LogP contribution in [0.1, 0.15) is 5.56 Å². The van der Waals surface area contributed by atoms with Crippen LogP contribution in [0.4, 0.5) is 17.6 Å². The molecule has 0 N–H and O–H groups in total. The summed E-state index contributed by atoms with van der Waals surface area (Å²) in [6.07, 6.45) is 0. The molecule has 3 aromatic rings. The fraction of sp³-hybridized carbons (Fsp3) is 0.0667. The van der Waals surface area contributed by atoms with Gasteiger partial charge in [-0.15, -0.1) is 0 Å². The van der Waals surface area contributed by atoms with Crippen molar-refractivity contribution in [2.75, 3.05) is 0 Å². The zero-order valence-electron chi connectivity index (χ0n) is 9.90. The first-order valence-corrected chi connectivity index (χ1v) is 5.65. The van der Waals surface area contributed by atoms with Gasteiger partial charge in [-0.1, -0.05) is 18.2 Å². The Morgan fingerprint density at radius 2 is 1.47 bits per heavy atom. The van der Waals surface area contributed by atoms with Gasteiger partial charge in [-0.05, 0) is 35.4 Å². The molecule has 19 heavy (non-hydrogen) atoms. The third kappa shape index (κ3) is 1.67. The van der Waals surface area contributed by atoms with Gasteiger partial charge in [0, 0.05) is 10.8 Å². The molecule has 0 aromatic heterocycles. The smallest absolute Gasteiger partial charge is 0.195 e. The average Bonchev–Trinajstić information content (AvgIpc) is 2.35. The van der Waals surface area contributed by atoms with Gasteiger partial charge >= 0.3 is 0 Å². The number of hydrogen-bond acceptors (Lipinski definition) is 0. The Morgan fingerprint density at radius 1 is 0.737 bits per heavy atom. The highest BCUT2D eigenvalue weighted by atomic mass is 19.2. The Morgan fingerprint density at radius 3 is 2.21 bits per heavy atom. The summed E-state index contributed by atoms with van der Waals surface area (Å²) < 4.78 is 54.2. The molecule has 0 saturated heterocycles. The Bertz CT molecular complexity index is 822. The molecule has 3 aromatic carbocycles. The maximum atomic E-state index is 14.0. The molecule has 0 aliphatic rings. The van der Waals surface area contributed by atoms with Crippen LogP contribution in [-0.2, 0) is 0 Å². The van der Waals surface area contributed by atoms with Crippen LogP contribution in [0.2, 0.25) is 0 Å². The van der Waals surface area contributed by atoms with Gasteiger partial charge in [0.1, 0.15) is 5.82 Å². The highest BCUT2D eigenvalue weighted by Gasteiger charge is 2.16. The molecular formula is C15H8F4. The third-order valence-corrected chi connectivity index (χ3v) is 3.16. The minimum Gasteiger partial charge on any atom is -0.206 e. The largest absolute Gasteiger partial charge is 0.206 e. The van der Waals surface area contributed by atoms with Crippen molar-refractivity contribution in [1.82, 2.24) is 0 Å². The van der Waals surface area contributed by atoms with E-state index in [0.29, 0.717) is 10.9 Å². The lowest BCUT2D eigenvalue weighted by Crippen LogP contribution is -1.94. The second kappa shape index (κ2) is 3.95. The summed E-state index contributed by atoms with van der Waals surface area (Å²) in [5, 5.41) is 0.525. The lowest BCUT2D eigenvalue weighted by molar-refractivity contribution is 0.453. The number of rotatable bonds is 0. The van der Waals surface area contributed by atoms with Crippen LogP contribution in [0.3, 0.4) is 0 Å². The fourth-order valence-corrected chi connectivity index (χ4v) is 2.34. The molecule has 3 rings (SSSR count). The van der Waals surface area contributed by atoms with Gasteiger partial charge in [-0.25, -0.2) is 17.6 Å².